The van der Waals surface area contributed by atoms with Crippen LogP contribution in [0.2, 0.25) is 0 Å². The van der Waals surface area contributed by atoms with E-state index in [-0.39, 0.29) is 17.9 Å². The summed E-state index contributed by atoms with van der Waals surface area (Å²) >= 11 is 0. The molecule has 0 fully saturated rings. The molecule has 142 valence electrons. The van der Waals surface area contributed by atoms with E-state index >= 15 is 0 Å². The Hall–Kier alpha value is -3.86. The van der Waals surface area contributed by atoms with Gasteiger partial charge >= 0.3 is 5.97 Å². The van der Waals surface area contributed by atoms with Crippen molar-refractivity contribution in [3.63, 3.8) is 0 Å². The Bertz CT molecular complexity index is 1100. The molecule has 0 heterocycles. The summed E-state index contributed by atoms with van der Waals surface area (Å²) in [6.45, 7) is 0. The van der Waals surface area contributed by atoms with E-state index in [1.54, 1.807) is 24.3 Å². The van der Waals surface area contributed by atoms with Crippen LogP contribution in [0.15, 0.2) is 89.1 Å². The maximum absolute atomic E-state index is 12.5. The Morgan fingerprint density at radius 1 is 0.759 bits per heavy atom. The van der Waals surface area contributed by atoms with Crippen molar-refractivity contribution in [1.29, 1.82) is 0 Å². The van der Waals surface area contributed by atoms with Crippen LogP contribution in [0.25, 0.3) is 11.1 Å². The zero-order valence-electron chi connectivity index (χ0n) is 15.8. The summed E-state index contributed by atoms with van der Waals surface area (Å²) in [7, 11) is 1.26. The predicted octanol–water partition coefficient (Wildman–Crippen LogP) is 4.31. The third-order valence-corrected chi connectivity index (χ3v) is 4.77. The highest BCUT2D eigenvalue weighted by molar-refractivity contribution is 6.40. The van der Waals surface area contributed by atoms with Crippen LogP contribution in [0.5, 0.6) is 0 Å². The molecule has 5 nitrogen and oxygen atoms in total. The molecule has 3 aromatic rings. The molecular weight excluding hydrogens is 364 g/mol. The number of ether oxygens (including phenoxy) is 1. The zero-order chi connectivity index (χ0) is 20.2. The Morgan fingerprint density at radius 3 is 1.83 bits per heavy atom. The lowest BCUT2D eigenvalue weighted by Crippen LogP contribution is -2.20. The third kappa shape index (κ3) is 3.62. The second-order valence-corrected chi connectivity index (χ2v) is 6.54. The number of ketones is 1. The van der Waals surface area contributed by atoms with E-state index < -0.39 is 5.97 Å². The summed E-state index contributed by atoms with van der Waals surface area (Å²) in [4.78, 5) is 24.7. The minimum atomic E-state index is -0.668. The van der Waals surface area contributed by atoms with E-state index in [2.05, 4.69) is 10.2 Å². The van der Waals surface area contributed by atoms with Gasteiger partial charge in [-0.3, -0.25) is 4.79 Å². The lowest BCUT2D eigenvalue weighted by molar-refractivity contribution is -0.132. The molecule has 0 aromatic heterocycles. The number of carbonyl (C=O) groups excluding carboxylic acids is 2. The number of carbonyl (C=O) groups is 2. The van der Waals surface area contributed by atoms with Gasteiger partial charge in [0.2, 0.25) is 0 Å². The molecule has 0 saturated heterocycles. The highest BCUT2D eigenvalue weighted by atomic mass is 16.5. The van der Waals surface area contributed by atoms with Crippen LogP contribution in [0.4, 0.5) is 0 Å². The van der Waals surface area contributed by atoms with Crippen molar-refractivity contribution in [2.75, 3.05) is 7.11 Å². The average molecular weight is 382 g/mol. The van der Waals surface area contributed by atoms with Gasteiger partial charge in [-0.2, -0.15) is 0 Å². The summed E-state index contributed by atoms with van der Waals surface area (Å²) in [5, 5.41) is 8.52. The quantitative estimate of drug-likeness (QED) is 0.224. The number of esters is 1. The van der Waals surface area contributed by atoms with Crippen LogP contribution in [0, 0.1) is 0 Å². The normalized spacial score (nSPS) is 12.2. The van der Waals surface area contributed by atoms with Crippen LogP contribution < -0.4 is 0 Å². The Morgan fingerprint density at radius 2 is 1.28 bits per heavy atom. The summed E-state index contributed by atoms with van der Waals surface area (Å²) < 4.78 is 4.81. The molecular formula is C24H18N2O3. The minimum Gasteiger partial charge on any atom is -0.464 e. The topological polar surface area (TPSA) is 68.1 Å². The van der Waals surface area contributed by atoms with Gasteiger partial charge < -0.3 is 4.74 Å². The summed E-state index contributed by atoms with van der Waals surface area (Å²) in [6, 6.07) is 24.6. The van der Waals surface area contributed by atoms with E-state index in [9.17, 15) is 9.59 Å². The van der Waals surface area contributed by atoms with Crippen molar-refractivity contribution < 1.29 is 14.3 Å². The van der Waals surface area contributed by atoms with Gasteiger partial charge in [-0.05, 0) is 11.1 Å². The minimum absolute atomic E-state index is 0.0317. The molecule has 0 amide bonds. The Labute approximate surface area is 168 Å². The molecule has 3 aromatic carbocycles. The van der Waals surface area contributed by atoms with Gasteiger partial charge in [-0.15, -0.1) is 10.2 Å². The number of methoxy groups -OCH3 is 1. The van der Waals surface area contributed by atoms with Crippen molar-refractivity contribution in [1.82, 2.24) is 0 Å². The molecule has 1 aliphatic carbocycles. The van der Waals surface area contributed by atoms with Gasteiger partial charge in [-0.1, -0.05) is 78.9 Å². The molecule has 5 heteroatoms. The van der Waals surface area contributed by atoms with E-state index in [4.69, 9.17) is 4.74 Å². The van der Waals surface area contributed by atoms with Gasteiger partial charge in [-0.25, -0.2) is 4.79 Å². The third-order valence-electron chi connectivity index (χ3n) is 4.77. The number of Topliss-reactive ketones (excluding diaryl/α,β-unsaturated/α-hetero) is 1. The second kappa shape index (κ2) is 8.02. The van der Waals surface area contributed by atoms with Crippen molar-refractivity contribution >= 4 is 23.2 Å². The molecule has 0 bridgehead atoms. The van der Waals surface area contributed by atoms with Crippen LogP contribution in [0.3, 0.4) is 0 Å². The van der Waals surface area contributed by atoms with E-state index in [0.29, 0.717) is 11.3 Å². The van der Waals surface area contributed by atoms with Crippen LogP contribution in [0.1, 0.15) is 27.9 Å². The second-order valence-electron chi connectivity index (χ2n) is 6.54. The monoisotopic (exact) mass is 382 g/mol. The lowest BCUT2D eigenvalue weighted by atomic mass is 10.1. The molecule has 4 rings (SSSR count). The van der Waals surface area contributed by atoms with Gasteiger partial charge in [0.05, 0.1) is 13.5 Å². The fourth-order valence-corrected chi connectivity index (χ4v) is 3.36. The van der Waals surface area contributed by atoms with Crippen LogP contribution in [-0.2, 0) is 9.53 Å². The van der Waals surface area contributed by atoms with Gasteiger partial charge in [0.1, 0.15) is 5.71 Å². The molecule has 0 atom stereocenters. The van der Waals surface area contributed by atoms with E-state index in [0.717, 1.165) is 22.3 Å². The molecule has 0 radical (unpaired) electrons. The molecule has 0 saturated carbocycles. The van der Waals surface area contributed by atoms with Gasteiger partial charge in [0, 0.05) is 16.7 Å². The maximum Gasteiger partial charge on any atom is 0.354 e. The fourth-order valence-electron chi connectivity index (χ4n) is 3.36. The SMILES string of the molecule is COC(=O)C(CC(=O)c1ccccc1)=NN=C1c2ccccc2-c2ccccc21. The molecule has 0 N–H and O–H groups in total. The summed E-state index contributed by atoms with van der Waals surface area (Å²) in [6.07, 6.45) is -0.184. The number of hydrogen-bond acceptors (Lipinski definition) is 5. The standard InChI is InChI=1S/C24H18N2O3/c1-29-24(28)21(15-22(27)16-9-3-2-4-10-16)25-26-23-19-13-7-5-11-17(19)18-12-6-8-14-20(18)23/h2-14H,15H2,1H3. The van der Waals surface area contributed by atoms with Gasteiger partial charge in [0.25, 0.3) is 0 Å². The predicted molar refractivity (Wildman–Crippen MR) is 112 cm³/mol. The van der Waals surface area contributed by atoms with Crippen molar-refractivity contribution in [3.8, 4) is 11.1 Å². The number of nitrogens with zero attached hydrogens (tertiary/aromatic N) is 2. The molecule has 29 heavy (non-hydrogen) atoms. The highest BCUT2D eigenvalue weighted by Crippen LogP contribution is 2.36. The molecule has 0 unspecified atom stereocenters. The molecule has 0 spiro atoms. The smallest absolute Gasteiger partial charge is 0.354 e. The van der Waals surface area contributed by atoms with Crippen molar-refractivity contribution in [2.24, 2.45) is 10.2 Å². The fraction of sp³-hybridized carbons (Fsp3) is 0.0833. The molecule has 0 aliphatic heterocycles. The summed E-state index contributed by atoms with van der Waals surface area (Å²) in [5.41, 5.74) is 5.16. The van der Waals surface area contributed by atoms with Crippen LogP contribution in [-0.4, -0.2) is 30.3 Å². The first-order chi connectivity index (χ1) is 14.2. The number of benzene rings is 3. The Kier molecular flexibility index (Phi) is 5.12. The largest absolute Gasteiger partial charge is 0.464 e. The zero-order valence-corrected chi connectivity index (χ0v) is 15.8. The first-order valence-corrected chi connectivity index (χ1v) is 9.19. The molecule has 1 aliphatic rings. The number of hydrogen-bond donors (Lipinski definition) is 0. The van der Waals surface area contributed by atoms with Crippen molar-refractivity contribution in [2.45, 2.75) is 6.42 Å². The Balaban J connectivity index is 1.73. The van der Waals surface area contributed by atoms with Crippen molar-refractivity contribution in [3.05, 3.63) is 95.6 Å². The summed E-state index contributed by atoms with van der Waals surface area (Å²) in [5.74, 6) is -0.889. The first kappa shape index (κ1) is 18.5. The van der Waals surface area contributed by atoms with E-state index in [1.165, 1.54) is 7.11 Å². The first-order valence-electron chi connectivity index (χ1n) is 9.19. The maximum atomic E-state index is 12.5. The number of fused-ring (bicyclic) bond motifs is 3. The average Bonchev–Trinajstić information content (AvgIpc) is 3.10. The van der Waals surface area contributed by atoms with Gasteiger partial charge in [0.15, 0.2) is 11.5 Å². The lowest BCUT2D eigenvalue weighted by Gasteiger charge is -2.04. The number of rotatable bonds is 5. The van der Waals surface area contributed by atoms with E-state index in [1.807, 2.05) is 54.6 Å². The van der Waals surface area contributed by atoms with Crippen LogP contribution >= 0.6 is 0 Å². The highest BCUT2D eigenvalue weighted by Gasteiger charge is 2.24.